The molecule has 1 aliphatic rings. The van der Waals surface area contributed by atoms with Crippen molar-refractivity contribution in [3.63, 3.8) is 0 Å². The molecule has 2 aromatic carbocycles. The number of pyridine rings is 1. The SMILES string of the molecule is Cl.Cl.Cl.NC(CS)CN1CCN(C(=O)c2cccc3ccccc23)CC1CCOCc1cccnc1. The summed E-state index contributed by atoms with van der Waals surface area (Å²) in [4.78, 5) is 22.0. The van der Waals surface area contributed by atoms with Gasteiger partial charge in [0, 0.05) is 68.6 Å². The van der Waals surface area contributed by atoms with E-state index < -0.39 is 0 Å². The molecule has 0 aliphatic carbocycles. The molecule has 1 aromatic heterocycles. The van der Waals surface area contributed by atoms with E-state index in [4.69, 9.17) is 10.5 Å². The summed E-state index contributed by atoms with van der Waals surface area (Å²) in [6, 6.07) is 18.1. The monoisotopic (exact) mass is 572 g/mol. The fraction of sp³-hybridized carbons (Fsp3) is 0.385. The van der Waals surface area contributed by atoms with Crippen molar-refractivity contribution in [1.29, 1.82) is 0 Å². The van der Waals surface area contributed by atoms with E-state index in [0.717, 1.165) is 41.4 Å². The topological polar surface area (TPSA) is 71.7 Å². The number of amides is 1. The van der Waals surface area contributed by atoms with Crippen molar-refractivity contribution in [3.8, 4) is 0 Å². The van der Waals surface area contributed by atoms with Crippen molar-refractivity contribution in [2.75, 3.05) is 38.5 Å². The fourth-order valence-corrected chi connectivity index (χ4v) is 4.54. The van der Waals surface area contributed by atoms with Gasteiger partial charge in [-0.25, -0.2) is 0 Å². The van der Waals surface area contributed by atoms with E-state index in [0.29, 0.717) is 32.1 Å². The summed E-state index contributed by atoms with van der Waals surface area (Å²) in [5.41, 5.74) is 8.03. The van der Waals surface area contributed by atoms with Gasteiger partial charge in [-0.15, -0.1) is 37.2 Å². The first kappa shape index (κ1) is 32.4. The van der Waals surface area contributed by atoms with Crippen LogP contribution in [0.25, 0.3) is 10.8 Å². The van der Waals surface area contributed by atoms with Crippen molar-refractivity contribution >= 4 is 66.5 Å². The summed E-state index contributed by atoms with van der Waals surface area (Å²) in [5.74, 6) is 0.727. The number of aromatic nitrogens is 1. The molecule has 2 atom stereocenters. The molecular weight excluding hydrogens is 539 g/mol. The largest absolute Gasteiger partial charge is 0.377 e. The number of thiol groups is 1. The predicted octanol–water partition coefficient (Wildman–Crippen LogP) is 4.49. The first-order chi connectivity index (χ1) is 16.2. The lowest BCUT2D eigenvalue weighted by Crippen LogP contribution is -2.57. The number of fused-ring (bicyclic) bond motifs is 1. The lowest BCUT2D eigenvalue weighted by Gasteiger charge is -2.42. The summed E-state index contributed by atoms with van der Waals surface area (Å²) in [5, 5.41) is 2.09. The van der Waals surface area contributed by atoms with Crippen LogP contribution in [0.1, 0.15) is 22.3 Å². The number of halogens is 3. The molecular formula is C26H35Cl3N4O2S. The molecule has 6 nitrogen and oxygen atoms in total. The van der Waals surface area contributed by atoms with Gasteiger partial charge in [0.15, 0.2) is 0 Å². The number of nitrogens with zero attached hydrogens (tertiary/aromatic N) is 3. The second kappa shape index (κ2) is 16.3. The second-order valence-electron chi connectivity index (χ2n) is 8.57. The molecule has 0 saturated carbocycles. The van der Waals surface area contributed by atoms with Crippen LogP contribution in [0.3, 0.4) is 0 Å². The summed E-state index contributed by atoms with van der Waals surface area (Å²) < 4.78 is 5.92. The molecule has 3 aromatic rings. The van der Waals surface area contributed by atoms with E-state index in [1.165, 1.54) is 0 Å². The Kier molecular flexibility index (Phi) is 14.7. The number of hydrogen-bond donors (Lipinski definition) is 2. The lowest BCUT2D eigenvalue weighted by atomic mass is 10.0. The molecule has 0 bridgehead atoms. The van der Waals surface area contributed by atoms with Gasteiger partial charge in [0.05, 0.1) is 6.61 Å². The number of piperazine rings is 1. The summed E-state index contributed by atoms with van der Waals surface area (Å²) >= 11 is 4.36. The molecule has 2 N–H and O–H groups in total. The predicted molar refractivity (Wildman–Crippen MR) is 157 cm³/mol. The lowest BCUT2D eigenvalue weighted by molar-refractivity contribution is 0.0317. The fourth-order valence-electron chi connectivity index (χ4n) is 4.43. The van der Waals surface area contributed by atoms with E-state index >= 15 is 0 Å². The molecule has 1 saturated heterocycles. The number of benzene rings is 2. The van der Waals surface area contributed by atoms with Crippen LogP contribution in [0.2, 0.25) is 0 Å². The van der Waals surface area contributed by atoms with Crippen LogP contribution >= 0.6 is 49.8 Å². The van der Waals surface area contributed by atoms with E-state index in [-0.39, 0.29) is 55.2 Å². The van der Waals surface area contributed by atoms with Crippen LogP contribution in [-0.2, 0) is 11.3 Å². The molecule has 2 heterocycles. The average molecular weight is 574 g/mol. The summed E-state index contributed by atoms with van der Waals surface area (Å²) in [6.45, 7) is 4.07. The van der Waals surface area contributed by atoms with Gasteiger partial charge in [0.2, 0.25) is 0 Å². The van der Waals surface area contributed by atoms with E-state index in [2.05, 4.69) is 22.5 Å². The van der Waals surface area contributed by atoms with Gasteiger partial charge < -0.3 is 15.4 Å². The highest BCUT2D eigenvalue weighted by Crippen LogP contribution is 2.22. The Bertz CT molecular complexity index is 1060. The molecule has 1 fully saturated rings. The number of carbonyl (C=O) groups excluding carboxylic acids is 1. The van der Waals surface area contributed by atoms with Crippen molar-refractivity contribution < 1.29 is 9.53 Å². The highest BCUT2D eigenvalue weighted by molar-refractivity contribution is 7.80. The molecule has 1 aliphatic heterocycles. The first-order valence-electron chi connectivity index (χ1n) is 11.5. The van der Waals surface area contributed by atoms with Gasteiger partial charge >= 0.3 is 0 Å². The van der Waals surface area contributed by atoms with Crippen molar-refractivity contribution in [2.45, 2.75) is 25.1 Å². The maximum atomic E-state index is 13.5. The van der Waals surface area contributed by atoms with Crippen LogP contribution in [0.5, 0.6) is 0 Å². The average Bonchev–Trinajstić information content (AvgIpc) is 2.87. The van der Waals surface area contributed by atoms with Crippen LogP contribution in [0.15, 0.2) is 67.0 Å². The van der Waals surface area contributed by atoms with Gasteiger partial charge in [-0.2, -0.15) is 12.6 Å². The summed E-state index contributed by atoms with van der Waals surface area (Å²) in [6.07, 6.45) is 4.41. The van der Waals surface area contributed by atoms with Crippen molar-refractivity contribution in [1.82, 2.24) is 14.8 Å². The second-order valence-corrected chi connectivity index (χ2v) is 8.94. The highest BCUT2D eigenvalue weighted by Gasteiger charge is 2.31. The first-order valence-corrected chi connectivity index (χ1v) is 12.1. The third-order valence-electron chi connectivity index (χ3n) is 6.20. The van der Waals surface area contributed by atoms with Crippen molar-refractivity contribution in [3.05, 3.63) is 78.1 Å². The minimum atomic E-state index is 0. The number of hydrogen-bond acceptors (Lipinski definition) is 6. The molecule has 36 heavy (non-hydrogen) atoms. The van der Waals surface area contributed by atoms with E-state index in [9.17, 15) is 4.79 Å². The minimum Gasteiger partial charge on any atom is -0.377 e. The molecule has 198 valence electrons. The number of carbonyl (C=O) groups is 1. The zero-order valence-electron chi connectivity index (χ0n) is 20.1. The molecule has 2 unspecified atom stereocenters. The van der Waals surface area contributed by atoms with Gasteiger partial charge in [-0.05, 0) is 34.9 Å². The zero-order chi connectivity index (χ0) is 23.0. The van der Waals surface area contributed by atoms with Crippen LogP contribution in [-0.4, -0.2) is 71.3 Å². The van der Waals surface area contributed by atoms with Gasteiger partial charge in [-0.1, -0.05) is 42.5 Å². The van der Waals surface area contributed by atoms with Crippen LogP contribution < -0.4 is 5.73 Å². The Morgan fingerprint density at radius 2 is 1.86 bits per heavy atom. The van der Waals surface area contributed by atoms with Gasteiger partial charge in [0.25, 0.3) is 5.91 Å². The smallest absolute Gasteiger partial charge is 0.254 e. The van der Waals surface area contributed by atoms with Gasteiger partial charge in [-0.3, -0.25) is 14.7 Å². The Labute approximate surface area is 237 Å². The van der Waals surface area contributed by atoms with Gasteiger partial charge in [0.1, 0.15) is 0 Å². The normalized spacial score (nSPS) is 16.4. The highest BCUT2D eigenvalue weighted by atomic mass is 35.5. The molecule has 0 spiro atoms. The summed E-state index contributed by atoms with van der Waals surface area (Å²) in [7, 11) is 0. The van der Waals surface area contributed by atoms with Crippen LogP contribution in [0.4, 0.5) is 0 Å². The third kappa shape index (κ3) is 8.48. The van der Waals surface area contributed by atoms with Crippen LogP contribution in [0, 0.1) is 0 Å². The van der Waals surface area contributed by atoms with Crippen molar-refractivity contribution in [2.24, 2.45) is 5.73 Å². The molecule has 1 amide bonds. The number of rotatable bonds is 9. The number of nitrogens with two attached hydrogens (primary N) is 1. The minimum absolute atomic E-state index is 0. The molecule has 10 heteroatoms. The Hall–Kier alpha value is -1.58. The number of ether oxygens (including phenoxy) is 1. The standard InChI is InChI=1S/C26H32N4O2S.3ClH/c27-22(19-33)16-29-12-13-30(17-23(29)10-14-32-18-20-5-4-11-28-15-20)26(31)25-9-3-7-21-6-1-2-8-24(21)25;;;/h1-9,11,15,22-23,33H,10,12-14,16-19,27H2;3*1H. The van der Waals surface area contributed by atoms with E-state index in [1.807, 2.05) is 65.7 Å². The molecule has 0 radical (unpaired) electrons. The maximum absolute atomic E-state index is 13.5. The van der Waals surface area contributed by atoms with E-state index in [1.54, 1.807) is 6.20 Å². The quantitative estimate of drug-likeness (QED) is 0.292. The Balaban J connectivity index is 0.00000216. The molecule has 4 rings (SSSR count). The zero-order valence-corrected chi connectivity index (χ0v) is 23.4. The maximum Gasteiger partial charge on any atom is 0.254 e. The Morgan fingerprint density at radius 1 is 1.08 bits per heavy atom. The third-order valence-corrected chi connectivity index (χ3v) is 6.67. The Morgan fingerprint density at radius 3 is 2.61 bits per heavy atom.